The summed E-state index contributed by atoms with van der Waals surface area (Å²) in [6, 6.07) is -12.2. The molecule has 0 unspecified atom stereocenters. The Morgan fingerprint density at radius 2 is 0.943 bits per heavy atom. The fourth-order valence-corrected chi connectivity index (χ4v) is 14.9. The average molecular weight is 1480 g/mol. The fourth-order valence-electron chi connectivity index (χ4n) is 14.9. The van der Waals surface area contributed by atoms with Gasteiger partial charge in [0.15, 0.2) is 0 Å². The SMILES string of the molecule is CCCCN1CC(=O)N(C)[C@@H](CC2CCCCC2)C(=O)N[C@@H]([C@@H](C)CC)C(=O)N(C)[C@@H](CC(C)C)C(=O)N[C@@H]([C@@H](C)O)C(=O)N(CCC)CC(=O)N(C)[C@@H](CC2CCCCC2)C(=O)N(C)[C@@H](CC(C)C)C(=O)N[C@@H](COCC(=O)NC)C(=O)N(C)[C@@H](CC(C)C)C(=O)N[C@H](C(=O)N2CCCCC2)CC1=O. The van der Waals surface area contributed by atoms with E-state index >= 15 is 52.7 Å². The number of carbonyl (C=O) groups is 13. The molecule has 2 heterocycles. The topological polar surface area (TPSA) is 337 Å². The zero-order chi connectivity index (χ0) is 78.5. The van der Waals surface area contributed by atoms with Crippen LogP contribution in [-0.4, -0.2) is 276 Å². The molecule has 6 N–H and O–H groups in total. The number of hydrogen-bond donors (Lipinski definition) is 6. The molecular formula is C77H135N13O15. The fraction of sp³-hybridized carbons (Fsp3) is 0.831. The Kier molecular flexibility index (Phi) is 38.7. The maximum absolute atomic E-state index is 15.5. The van der Waals surface area contributed by atoms with Crippen molar-refractivity contribution in [3.63, 3.8) is 0 Å². The molecular weight excluding hydrogens is 1350 g/mol. The molecule has 598 valence electrons. The largest absolute Gasteiger partial charge is 0.391 e. The number of likely N-dealkylation sites (tertiary alicyclic amines) is 1. The molecule has 0 aromatic heterocycles. The number of aliphatic hydroxyl groups is 1. The van der Waals surface area contributed by atoms with Gasteiger partial charge in [-0.2, -0.15) is 0 Å². The number of rotatable bonds is 23. The zero-order valence-electron chi connectivity index (χ0n) is 66.9. The Labute approximate surface area is 626 Å². The smallest absolute Gasteiger partial charge is 0.248 e. The van der Waals surface area contributed by atoms with E-state index in [1.165, 1.54) is 78.6 Å². The van der Waals surface area contributed by atoms with Gasteiger partial charge in [-0.25, -0.2) is 0 Å². The molecule has 13 amide bonds. The lowest BCUT2D eigenvalue weighted by molar-refractivity contribution is -0.152. The number of amides is 13. The van der Waals surface area contributed by atoms with E-state index in [4.69, 9.17) is 4.74 Å². The normalized spacial score (nSPS) is 26.1. The Hall–Kier alpha value is -6.97. The van der Waals surface area contributed by atoms with Gasteiger partial charge in [-0.05, 0) is 107 Å². The molecule has 4 fully saturated rings. The van der Waals surface area contributed by atoms with Crippen LogP contribution in [-0.2, 0) is 67.1 Å². The van der Waals surface area contributed by atoms with Crippen molar-refractivity contribution in [3.05, 3.63) is 0 Å². The van der Waals surface area contributed by atoms with E-state index < -0.39 is 176 Å². The summed E-state index contributed by atoms with van der Waals surface area (Å²) in [5.41, 5.74) is 0. The van der Waals surface area contributed by atoms with Crippen LogP contribution in [0.3, 0.4) is 0 Å². The maximum Gasteiger partial charge on any atom is 0.248 e. The monoisotopic (exact) mass is 1480 g/mol. The van der Waals surface area contributed by atoms with Crippen molar-refractivity contribution in [3.8, 4) is 0 Å². The molecule has 0 radical (unpaired) electrons. The van der Waals surface area contributed by atoms with Crippen molar-refractivity contribution in [2.75, 3.05) is 94.8 Å². The van der Waals surface area contributed by atoms with E-state index in [1.54, 1.807) is 18.7 Å². The highest BCUT2D eigenvalue weighted by molar-refractivity contribution is 6.00. The first-order valence-electron chi connectivity index (χ1n) is 39.5. The highest BCUT2D eigenvalue weighted by Gasteiger charge is 2.45. The minimum Gasteiger partial charge on any atom is -0.391 e. The van der Waals surface area contributed by atoms with Crippen LogP contribution in [0.2, 0.25) is 0 Å². The lowest BCUT2D eigenvalue weighted by Gasteiger charge is -2.38. The van der Waals surface area contributed by atoms with Crippen LogP contribution in [0.15, 0.2) is 0 Å². The molecule has 2 aliphatic heterocycles. The molecule has 4 rings (SSSR count). The Morgan fingerprint density at radius 3 is 1.43 bits per heavy atom. The third-order valence-corrected chi connectivity index (χ3v) is 21.8. The van der Waals surface area contributed by atoms with E-state index in [9.17, 15) is 14.7 Å². The number of nitrogens with one attached hydrogen (secondary N) is 5. The van der Waals surface area contributed by atoms with E-state index in [1.807, 2.05) is 55.4 Å². The van der Waals surface area contributed by atoms with Crippen molar-refractivity contribution in [2.24, 2.45) is 35.5 Å². The number of unbranched alkanes of at least 4 members (excludes halogenated alkanes) is 1. The maximum atomic E-state index is 15.5. The van der Waals surface area contributed by atoms with Crippen molar-refractivity contribution < 1.29 is 72.2 Å². The molecule has 2 aliphatic carbocycles. The van der Waals surface area contributed by atoms with E-state index in [0.717, 1.165) is 75.5 Å². The summed E-state index contributed by atoms with van der Waals surface area (Å²) in [7, 11) is 8.63. The minimum absolute atomic E-state index is 0.0102. The number of likely N-dealkylation sites (N-methyl/N-ethyl adjacent to an activating group) is 6. The Bertz CT molecular complexity index is 2860. The van der Waals surface area contributed by atoms with Crippen molar-refractivity contribution in [2.45, 2.75) is 284 Å². The summed E-state index contributed by atoms with van der Waals surface area (Å²) in [4.78, 5) is 205. The first-order chi connectivity index (χ1) is 49.6. The van der Waals surface area contributed by atoms with Crippen molar-refractivity contribution in [1.82, 2.24) is 65.8 Å². The Balaban J connectivity index is 2.02. The molecule has 0 aromatic rings. The average Bonchev–Trinajstić information content (AvgIpc) is 0.819. The number of nitrogens with zero attached hydrogens (tertiary/aromatic N) is 8. The van der Waals surface area contributed by atoms with Crippen molar-refractivity contribution in [1.29, 1.82) is 0 Å². The molecule has 0 bridgehead atoms. The first-order valence-corrected chi connectivity index (χ1v) is 39.5. The predicted octanol–water partition coefficient (Wildman–Crippen LogP) is 4.61. The van der Waals surface area contributed by atoms with E-state index in [-0.39, 0.29) is 74.8 Å². The summed E-state index contributed by atoms with van der Waals surface area (Å²) in [6.07, 6.45) is 11.2. The van der Waals surface area contributed by atoms with Gasteiger partial charge in [-0.15, -0.1) is 0 Å². The molecule has 2 saturated heterocycles. The van der Waals surface area contributed by atoms with Gasteiger partial charge in [0.2, 0.25) is 76.8 Å². The highest BCUT2D eigenvalue weighted by Crippen LogP contribution is 2.32. The number of ether oxygens (including phenoxy) is 1. The van der Waals surface area contributed by atoms with Crippen LogP contribution in [0, 0.1) is 35.5 Å². The van der Waals surface area contributed by atoms with Crippen LogP contribution in [0.1, 0.15) is 224 Å². The highest BCUT2D eigenvalue weighted by atomic mass is 16.5. The van der Waals surface area contributed by atoms with Crippen LogP contribution in [0.5, 0.6) is 0 Å². The number of hydrogen-bond acceptors (Lipinski definition) is 15. The zero-order valence-corrected chi connectivity index (χ0v) is 66.9. The molecule has 4 aliphatic rings. The van der Waals surface area contributed by atoms with Crippen LogP contribution >= 0.6 is 0 Å². The standard InChI is InChI=1S/C77H135N13O15/c1-18-21-36-89-45-65(94)83(13)61(42-54-31-25-22-26-32-54)72(99)81-67(52(10)20-3)76(103)87(17)60(41-51(8)9)71(98)82-68(53(11)91)77(104)90(35-19-2)46-66(95)84(14)62(43-55-33-27-23-28-34-55)75(102)86(16)59(40-50(6)7)70(97)80-57(47-105-48-63(92)78-12)73(100)85(15)58(39-49(4)5)69(96)79-56(44-64(89)93)74(101)88-37-29-24-30-38-88/h49-62,67-68,91H,18-48H2,1-17H3,(H,78,92)(H,79,96)(H,80,97)(H,81,99)(H,82,98)/t52-,53+,56-,57-,58-,59-,60-,61-,62-,67-,68-/m0/s1. The molecule has 0 aromatic carbocycles. The second-order valence-electron chi connectivity index (χ2n) is 31.7. The third kappa shape index (κ3) is 27.6. The van der Waals surface area contributed by atoms with Crippen LogP contribution in [0.4, 0.5) is 0 Å². The van der Waals surface area contributed by atoms with Gasteiger partial charge >= 0.3 is 0 Å². The Morgan fingerprint density at radius 1 is 0.495 bits per heavy atom. The minimum atomic E-state index is -1.64. The van der Waals surface area contributed by atoms with Crippen molar-refractivity contribution >= 4 is 76.8 Å². The third-order valence-electron chi connectivity index (χ3n) is 21.8. The summed E-state index contributed by atoms with van der Waals surface area (Å²) < 4.78 is 5.81. The lowest BCUT2D eigenvalue weighted by Crippen LogP contribution is -2.62. The van der Waals surface area contributed by atoms with Crippen LogP contribution < -0.4 is 26.6 Å². The van der Waals surface area contributed by atoms with Gasteiger partial charge in [-0.1, -0.05) is 146 Å². The van der Waals surface area contributed by atoms with Gasteiger partial charge in [0.1, 0.15) is 61.0 Å². The summed E-state index contributed by atoms with van der Waals surface area (Å²) in [5, 5.41) is 25.4. The summed E-state index contributed by atoms with van der Waals surface area (Å²) in [5.74, 6) is -10.1. The van der Waals surface area contributed by atoms with E-state index in [2.05, 4.69) is 26.6 Å². The number of aliphatic hydroxyl groups excluding tert-OH is 1. The molecule has 28 heteroatoms. The molecule has 28 nitrogen and oxygen atoms in total. The van der Waals surface area contributed by atoms with Gasteiger partial charge in [0, 0.05) is 68.5 Å². The second-order valence-corrected chi connectivity index (χ2v) is 31.7. The lowest BCUT2D eigenvalue weighted by atomic mass is 9.84. The molecule has 105 heavy (non-hydrogen) atoms. The molecule has 11 atom stereocenters. The second kappa shape index (κ2) is 45.0. The van der Waals surface area contributed by atoms with Gasteiger partial charge in [-0.3, -0.25) is 62.3 Å². The quantitative estimate of drug-likeness (QED) is 0.0814. The summed E-state index contributed by atoms with van der Waals surface area (Å²) >= 11 is 0. The number of carbonyl (C=O) groups excluding carboxylic acids is 13. The number of piperidine rings is 1. The van der Waals surface area contributed by atoms with Gasteiger partial charge in [0.05, 0.1) is 32.2 Å². The van der Waals surface area contributed by atoms with Gasteiger partial charge < -0.3 is 75.6 Å². The van der Waals surface area contributed by atoms with E-state index in [0.29, 0.717) is 51.6 Å². The van der Waals surface area contributed by atoms with Gasteiger partial charge in [0.25, 0.3) is 0 Å². The van der Waals surface area contributed by atoms with Crippen LogP contribution in [0.25, 0.3) is 0 Å². The molecule has 0 spiro atoms. The summed E-state index contributed by atoms with van der Waals surface area (Å²) in [6.45, 7) is 18.3. The molecule has 2 saturated carbocycles. The predicted molar refractivity (Wildman–Crippen MR) is 401 cm³/mol. The first kappa shape index (κ1) is 90.4.